The quantitative estimate of drug-likeness (QED) is 0.673. The minimum absolute atomic E-state index is 0.247. The number of nitrogens with one attached hydrogen (secondary N) is 1. The fraction of sp³-hybridized carbons (Fsp3) is 0.889. The number of aromatic amines is 1. The SMILES string of the molecule is C[C@@H]1C[C@@H](N)[C@H]2CC[C@@H]1N2c1nn[nH]n1. The van der Waals surface area contributed by atoms with Gasteiger partial charge < -0.3 is 10.6 Å². The maximum absolute atomic E-state index is 6.18. The Labute approximate surface area is 88.2 Å². The van der Waals surface area contributed by atoms with Crippen molar-refractivity contribution in [3.63, 3.8) is 0 Å². The molecule has 0 aromatic carbocycles. The summed E-state index contributed by atoms with van der Waals surface area (Å²) in [5, 5.41) is 14.3. The van der Waals surface area contributed by atoms with Crippen LogP contribution < -0.4 is 10.6 Å². The zero-order valence-electron chi connectivity index (χ0n) is 8.80. The van der Waals surface area contributed by atoms with Gasteiger partial charge in [0.2, 0.25) is 0 Å². The Balaban J connectivity index is 1.95. The molecule has 2 aliphatic rings. The van der Waals surface area contributed by atoms with E-state index < -0.39 is 0 Å². The number of nitrogens with zero attached hydrogens (tertiary/aromatic N) is 4. The summed E-state index contributed by atoms with van der Waals surface area (Å²) in [6.07, 6.45) is 3.47. The summed E-state index contributed by atoms with van der Waals surface area (Å²) in [6, 6.07) is 1.20. The van der Waals surface area contributed by atoms with E-state index in [4.69, 9.17) is 5.73 Å². The van der Waals surface area contributed by atoms with Crippen LogP contribution in [0.2, 0.25) is 0 Å². The molecule has 0 amide bonds. The summed E-state index contributed by atoms with van der Waals surface area (Å²) in [4.78, 5) is 2.27. The minimum Gasteiger partial charge on any atom is -0.330 e. The van der Waals surface area contributed by atoms with E-state index in [-0.39, 0.29) is 6.04 Å². The second kappa shape index (κ2) is 3.16. The number of anilines is 1. The van der Waals surface area contributed by atoms with Crippen molar-refractivity contribution < 1.29 is 0 Å². The molecule has 0 radical (unpaired) electrons. The predicted octanol–water partition coefficient (Wildman–Crippen LogP) is -0.0958. The lowest BCUT2D eigenvalue weighted by Gasteiger charge is -2.41. The Kier molecular flexibility index (Phi) is 1.92. The van der Waals surface area contributed by atoms with Gasteiger partial charge in [0.05, 0.1) is 0 Å². The molecule has 2 saturated heterocycles. The zero-order valence-corrected chi connectivity index (χ0v) is 8.80. The Morgan fingerprint density at radius 3 is 2.93 bits per heavy atom. The number of hydrogen-bond donors (Lipinski definition) is 2. The average molecular weight is 208 g/mol. The van der Waals surface area contributed by atoms with Crippen LogP contribution in [0.3, 0.4) is 0 Å². The van der Waals surface area contributed by atoms with E-state index in [9.17, 15) is 0 Å². The van der Waals surface area contributed by atoms with Crippen LogP contribution >= 0.6 is 0 Å². The van der Waals surface area contributed by atoms with Gasteiger partial charge in [0.25, 0.3) is 5.95 Å². The molecule has 82 valence electrons. The molecule has 2 bridgehead atoms. The number of piperidine rings is 1. The lowest BCUT2D eigenvalue weighted by Crippen LogP contribution is -2.54. The Hall–Kier alpha value is -1.17. The van der Waals surface area contributed by atoms with Crippen molar-refractivity contribution in [2.24, 2.45) is 11.7 Å². The van der Waals surface area contributed by atoms with E-state index in [2.05, 4.69) is 32.4 Å². The molecule has 0 unspecified atom stereocenters. The second-order valence-electron chi connectivity index (χ2n) is 4.71. The maximum Gasteiger partial charge on any atom is 0.266 e. The number of aromatic nitrogens is 4. The summed E-state index contributed by atoms with van der Waals surface area (Å²) in [6.45, 7) is 2.26. The van der Waals surface area contributed by atoms with Crippen molar-refractivity contribution in [1.29, 1.82) is 0 Å². The predicted molar refractivity (Wildman–Crippen MR) is 55.2 cm³/mol. The largest absolute Gasteiger partial charge is 0.330 e. The molecule has 2 aliphatic heterocycles. The smallest absolute Gasteiger partial charge is 0.266 e. The molecule has 2 fully saturated rings. The molecule has 3 heterocycles. The van der Waals surface area contributed by atoms with Gasteiger partial charge in [0, 0.05) is 18.1 Å². The van der Waals surface area contributed by atoms with Crippen molar-refractivity contribution >= 4 is 5.95 Å². The lowest BCUT2D eigenvalue weighted by atomic mass is 9.89. The highest BCUT2D eigenvalue weighted by atomic mass is 15.5. The molecular formula is C9H16N6. The topological polar surface area (TPSA) is 83.7 Å². The first kappa shape index (κ1) is 9.08. The molecule has 6 heteroatoms. The van der Waals surface area contributed by atoms with Crippen LogP contribution in [0, 0.1) is 5.92 Å². The van der Waals surface area contributed by atoms with Gasteiger partial charge >= 0.3 is 0 Å². The Morgan fingerprint density at radius 2 is 2.20 bits per heavy atom. The molecule has 1 aromatic heterocycles. The minimum atomic E-state index is 0.247. The van der Waals surface area contributed by atoms with Crippen LogP contribution in [0.15, 0.2) is 0 Å². The second-order valence-corrected chi connectivity index (χ2v) is 4.71. The van der Waals surface area contributed by atoms with Crippen molar-refractivity contribution in [3.05, 3.63) is 0 Å². The molecule has 15 heavy (non-hydrogen) atoms. The third kappa shape index (κ3) is 1.24. The molecule has 1 aromatic rings. The summed E-state index contributed by atoms with van der Waals surface area (Å²) in [5.41, 5.74) is 6.18. The van der Waals surface area contributed by atoms with Gasteiger partial charge in [0.15, 0.2) is 0 Å². The molecule has 6 nitrogen and oxygen atoms in total. The molecular weight excluding hydrogens is 192 g/mol. The monoisotopic (exact) mass is 208 g/mol. The number of hydrogen-bond acceptors (Lipinski definition) is 5. The van der Waals surface area contributed by atoms with Crippen molar-refractivity contribution in [1.82, 2.24) is 20.6 Å². The average Bonchev–Trinajstić information content (AvgIpc) is 2.83. The highest BCUT2D eigenvalue weighted by Gasteiger charge is 2.46. The Bertz CT molecular complexity index is 320. The first-order valence-corrected chi connectivity index (χ1v) is 5.54. The molecule has 4 atom stereocenters. The van der Waals surface area contributed by atoms with Gasteiger partial charge in [-0.3, -0.25) is 0 Å². The van der Waals surface area contributed by atoms with E-state index in [0.29, 0.717) is 23.9 Å². The summed E-state index contributed by atoms with van der Waals surface area (Å²) < 4.78 is 0. The first-order valence-electron chi connectivity index (χ1n) is 5.54. The highest BCUT2D eigenvalue weighted by Crippen LogP contribution is 2.39. The van der Waals surface area contributed by atoms with Gasteiger partial charge in [0.1, 0.15) is 0 Å². The molecule has 0 saturated carbocycles. The summed E-state index contributed by atoms with van der Waals surface area (Å²) in [5.74, 6) is 1.33. The van der Waals surface area contributed by atoms with E-state index in [1.165, 1.54) is 6.42 Å². The van der Waals surface area contributed by atoms with E-state index in [0.717, 1.165) is 12.8 Å². The molecule has 0 spiro atoms. The van der Waals surface area contributed by atoms with Crippen molar-refractivity contribution in [2.75, 3.05) is 4.90 Å². The van der Waals surface area contributed by atoms with E-state index in [1.54, 1.807) is 0 Å². The van der Waals surface area contributed by atoms with Crippen LogP contribution in [0.4, 0.5) is 5.95 Å². The van der Waals surface area contributed by atoms with E-state index in [1.807, 2.05) is 0 Å². The number of nitrogens with two attached hydrogens (primary N) is 1. The molecule has 3 N–H and O–H groups in total. The maximum atomic E-state index is 6.18. The zero-order chi connectivity index (χ0) is 10.4. The summed E-state index contributed by atoms with van der Waals surface area (Å²) >= 11 is 0. The number of tetrazole rings is 1. The molecule has 0 aliphatic carbocycles. The van der Waals surface area contributed by atoms with Gasteiger partial charge in [-0.1, -0.05) is 12.0 Å². The third-order valence-electron chi connectivity index (χ3n) is 3.83. The van der Waals surface area contributed by atoms with E-state index >= 15 is 0 Å². The summed E-state index contributed by atoms with van der Waals surface area (Å²) in [7, 11) is 0. The standard InChI is InChI=1S/C9H16N6/c1-5-4-6(10)8-3-2-7(5)15(8)9-11-13-14-12-9/h5-8H,2-4,10H2,1H3,(H,11,12,13,14)/t5-,6-,7+,8-/m1/s1. The van der Waals surface area contributed by atoms with Crippen molar-refractivity contribution in [3.8, 4) is 0 Å². The van der Waals surface area contributed by atoms with Crippen LogP contribution in [0.5, 0.6) is 0 Å². The van der Waals surface area contributed by atoms with Crippen molar-refractivity contribution in [2.45, 2.75) is 44.3 Å². The van der Waals surface area contributed by atoms with Crippen LogP contribution in [0.1, 0.15) is 26.2 Å². The van der Waals surface area contributed by atoms with Gasteiger partial charge in [-0.05, 0) is 30.4 Å². The number of H-pyrrole nitrogens is 1. The number of fused-ring (bicyclic) bond motifs is 2. The molecule has 3 rings (SSSR count). The highest BCUT2D eigenvalue weighted by molar-refractivity contribution is 5.36. The normalized spacial score (nSPS) is 39.7. The van der Waals surface area contributed by atoms with Crippen LogP contribution in [-0.2, 0) is 0 Å². The van der Waals surface area contributed by atoms with Gasteiger partial charge in [-0.25, -0.2) is 0 Å². The van der Waals surface area contributed by atoms with Gasteiger partial charge in [-0.15, -0.1) is 5.10 Å². The number of rotatable bonds is 1. The lowest BCUT2D eigenvalue weighted by molar-refractivity contribution is 0.318. The van der Waals surface area contributed by atoms with Crippen LogP contribution in [-0.4, -0.2) is 38.7 Å². The Morgan fingerprint density at radius 1 is 1.40 bits per heavy atom. The van der Waals surface area contributed by atoms with Crippen LogP contribution in [0.25, 0.3) is 0 Å². The third-order valence-corrected chi connectivity index (χ3v) is 3.83. The fourth-order valence-electron chi connectivity index (χ4n) is 3.15. The fourth-order valence-corrected chi connectivity index (χ4v) is 3.15. The van der Waals surface area contributed by atoms with Gasteiger partial charge in [-0.2, -0.15) is 5.21 Å². The first-order chi connectivity index (χ1) is 7.27.